The maximum absolute atomic E-state index is 11.8. The molecule has 0 aliphatic heterocycles. The summed E-state index contributed by atoms with van der Waals surface area (Å²) in [7, 11) is 3.48. The van der Waals surface area contributed by atoms with Gasteiger partial charge < -0.3 is 20.4 Å². The van der Waals surface area contributed by atoms with Gasteiger partial charge in [-0.2, -0.15) is 0 Å². The first kappa shape index (κ1) is 14.9. The number of carbonyl (C=O) groups excluding carboxylic acids is 2. The van der Waals surface area contributed by atoms with Gasteiger partial charge in [0.15, 0.2) is 0 Å². The van der Waals surface area contributed by atoms with E-state index in [-0.39, 0.29) is 5.91 Å². The Bertz CT molecular complexity index is 957. The van der Waals surface area contributed by atoms with Crippen LogP contribution in [0.1, 0.15) is 17.3 Å². The second kappa shape index (κ2) is 5.31. The smallest absolute Gasteiger partial charge is 0.249 e. The molecule has 0 aliphatic rings. The third kappa shape index (κ3) is 2.28. The second-order valence-electron chi connectivity index (χ2n) is 5.38. The molecule has 0 bridgehead atoms. The highest BCUT2D eigenvalue weighted by Gasteiger charge is 2.18. The molecule has 0 unspecified atom stereocenters. The molecule has 1 heterocycles. The first-order valence-corrected chi connectivity index (χ1v) is 7.10. The molecule has 1 aromatic heterocycles. The molecule has 3 rings (SSSR count). The summed E-state index contributed by atoms with van der Waals surface area (Å²) in [4.78, 5) is 23.1. The Morgan fingerprint density at radius 3 is 2.57 bits per heavy atom. The number of hydrogen-bond acceptors (Lipinski definition) is 3. The van der Waals surface area contributed by atoms with Crippen LogP contribution in [0.15, 0.2) is 30.3 Å². The molecular weight excluding hydrogens is 294 g/mol. The van der Waals surface area contributed by atoms with Crippen molar-refractivity contribution in [2.45, 2.75) is 6.92 Å². The second-order valence-corrected chi connectivity index (χ2v) is 5.38. The number of nitrogens with zero attached hydrogens (tertiary/aromatic N) is 1. The quantitative estimate of drug-likeness (QED) is 0.778. The standard InChI is InChI=1S/C17H17N3O3/c1-9(21)19-10-4-6-13-12(8-10)15-11(17(18)22)5-7-14(23-3)16(15)20(13)2/h4-8H,1-3H3,(H2,18,22)(H,19,21). The van der Waals surface area contributed by atoms with Gasteiger partial charge in [0.2, 0.25) is 11.8 Å². The SMILES string of the molecule is COc1ccc(C(N)=O)c2c3cc(NC(C)=O)ccc3n(C)c12. The third-order valence-electron chi connectivity index (χ3n) is 3.91. The van der Waals surface area contributed by atoms with E-state index in [1.165, 1.54) is 6.92 Å². The summed E-state index contributed by atoms with van der Waals surface area (Å²) < 4.78 is 7.38. The molecule has 0 radical (unpaired) electrons. The van der Waals surface area contributed by atoms with Crippen molar-refractivity contribution in [1.82, 2.24) is 4.57 Å². The molecule has 0 spiro atoms. The van der Waals surface area contributed by atoms with Crippen LogP contribution in [-0.4, -0.2) is 23.5 Å². The fourth-order valence-electron chi connectivity index (χ4n) is 2.98. The minimum absolute atomic E-state index is 0.155. The van der Waals surface area contributed by atoms with Crippen LogP contribution in [0, 0.1) is 0 Å². The minimum Gasteiger partial charge on any atom is -0.495 e. The number of nitrogens with one attached hydrogen (secondary N) is 1. The Hall–Kier alpha value is -3.02. The predicted molar refractivity (Wildman–Crippen MR) is 89.8 cm³/mol. The zero-order valence-electron chi connectivity index (χ0n) is 13.1. The summed E-state index contributed by atoms with van der Waals surface area (Å²) in [6.07, 6.45) is 0. The van der Waals surface area contributed by atoms with Gasteiger partial charge in [0, 0.05) is 41.5 Å². The van der Waals surface area contributed by atoms with Crippen molar-refractivity contribution in [3.8, 4) is 5.75 Å². The lowest BCUT2D eigenvalue weighted by atomic mass is 10.0. The summed E-state index contributed by atoms with van der Waals surface area (Å²) in [6, 6.07) is 8.94. The Morgan fingerprint density at radius 1 is 1.22 bits per heavy atom. The molecule has 23 heavy (non-hydrogen) atoms. The summed E-state index contributed by atoms with van der Waals surface area (Å²) in [5.41, 5.74) is 8.33. The van der Waals surface area contributed by atoms with Crippen molar-refractivity contribution >= 4 is 39.3 Å². The fraction of sp³-hybridized carbons (Fsp3) is 0.176. The van der Waals surface area contributed by atoms with Crippen LogP contribution < -0.4 is 15.8 Å². The normalized spacial score (nSPS) is 10.9. The van der Waals surface area contributed by atoms with Gasteiger partial charge in [-0.15, -0.1) is 0 Å². The molecule has 0 saturated heterocycles. The van der Waals surface area contributed by atoms with E-state index in [4.69, 9.17) is 10.5 Å². The van der Waals surface area contributed by atoms with Crippen LogP contribution in [0.3, 0.4) is 0 Å². The van der Waals surface area contributed by atoms with E-state index >= 15 is 0 Å². The summed E-state index contributed by atoms with van der Waals surface area (Å²) in [6.45, 7) is 1.45. The number of aromatic nitrogens is 1. The van der Waals surface area contributed by atoms with E-state index < -0.39 is 5.91 Å². The van der Waals surface area contributed by atoms with Crippen LogP contribution in [0.4, 0.5) is 5.69 Å². The molecule has 0 aliphatic carbocycles. The van der Waals surface area contributed by atoms with Crippen molar-refractivity contribution in [2.24, 2.45) is 12.8 Å². The van der Waals surface area contributed by atoms with Crippen molar-refractivity contribution in [3.05, 3.63) is 35.9 Å². The topological polar surface area (TPSA) is 86.3 Å². The number of hydrogen-bond donors (Lipinski definition) is 2. The number of primary amides is 1. The Labute approximate surface area is 132 Å². The first-order chi connectivity index (χ1) is 10.9. The molecule has 3 aromatic rings. The number of nitrogens with two attached hydrogens (primary N) is 1. The highest BCUT2D eigenvalue weighted by atomic mass is 16.5. The van der Waals surface area contributed by atoms with Crippen LogP contribution in [0.25, 0.3) is 21.8 Å². The number of anilines is 1. The molecule has 2 aromatic carbocycles. The van der Waals surface area contributed by atoms with E-state index in [0.717, 1.165) is 21.8 Å². The predicted octanol–water partition coefficient (Wildman–Crippen LogP) is 2.40. The first-order valence-electron chi connectivity index (χ1n) is 7.10. The largest absolute Gasteiger partial charge is 0.495 e. The number of fused-ring (bicyclic) bond motifs is 3. The van der Waals surface area contributed by atoms with Gasteiger partial charge in [0.05, 0.1) is 12.6 Å². The van der Waals surface area contributed by atoms with E-state index in [1.54, 1.807) is 19.2 Å². The monoisotopic (exact) mass is 311 g/mol. The maximum Gasteiger partial charge on any atom is 0.249 e. The zero-order valence-corrected chi connectivity index (χ0v) is 13.1. The average molecular weight is 311 g/mol. The molecule has 6 nitrogen and oxygen atoms in total. The van der Waals surface area contributed by atoms with E-state index in [0.29, 0.717) is 17.0 Å². The summed E-state index contributed by atoms with van der Waals surface area (Å²) >= 11 is 0. The van der Waals surface area contributed by atoms with Crippen LogP contribution in [0.2, 0.25) is 0 Å². The van der Waals surface area contributed by atoms with E-state index in [1.807, 2.05) is 29.8 Å². The molecule has 3 N–H and O–H groups in total. The molecule has 2 amide bonds. The van der Waals surface area contributed by atoms with Crippen molar-refractivity contribution in [1.29, 1.82) is 0 Å². The van der Waals surface area contributed by atoms with Crippen molar-refractivity contribution in [2.75, 3.05) is 12.4 Å². The number of carbonyl (C=O) groups is 2. The summed E-state index contributed by atoms with van der Waals surface area (Å²) in [5, 5.41) is 4.31. The minimum atomic E-state index is -0.505. The molecule has 0 saturated carbocycles. The van der Waals surface area contributed by atoms with Gasteiger partial charge in [0.1, 0.15) is 5.75 Å². The number of methoxy groups -OCH3 is 1. The maximum atomic E-state index is 11.8. The zero-order chi connectivity index (χ0) is 16.7. The van der Waals surface area contributed by atoms with Crippen LogP contribution in [-0.2, 0) is 11.8 Å². The van der Waals surface area contributed by atoms with Crippen LogP contribution >= 0.6 is 0 Å². The number of benzene rings is 2. The molecule has 0 fully saturated rings. The Morgan fingerprint density at radius 2 is 1.96 bits per heavy atom. The number of amides is 2. The van der Waals surface area contributed by atoms with Gasteiger partial charge in [-0.05, 0) is 30.3 Å². The van der Waals surface area contributed by atoms with E-state index in [9.17, 15) is 9.59 Å². The number of rotatable bonds is 3. The lowest BCUT2D eigenvalue weighted by Crippen LogP contribution is -2.11. The molecule has 118 valence electrons. The Balaban J connectivity index is 2.46. The Kier molecular flexibility index (Phi) is 3.44. The lowest BCUT2D eigenvalue weighted by molar-refractivity contribution is -0.114. The highest BCUT2D eigenvalue weighted by Crippen LogP contribution is 2.37. The number of ether oxygens (including phenoxy) is 1. The lowest BCUT2D eigenvalue weighted by Gasteiger charge is -2.07. The van der Waals surface area contributed by atoms with Gasteiger partial charge in [-0.3, -0.25) is 9.59 Å². The van der Waals surface area contributed by atoms with Gasteiger partial charge in [0.25, 0.3) is 0 Å². The van der Waals surface area contributed by atoms with Crippen molar-refractivity contribution < 1.29 is 14.3 Å². The number of aryl methyl sites for hydroxylation is 1. The molecule has 6 heteroatoms. The molecule has 0 atom stereocenters. The highest BCUT2D eigenvalue weighted by molar-refractivity contribution is 6.19. The van der Waals surface area contributed by atoms with Gasteiger partial charge in [-0.1, -0.05) is 0 Å². The van der Waals surface area contributed by atoms with E-state index in [2.05, 4.69) is 5.32 Å². The fourth-order valence-corrected chi connectivity index (χ4v) is 2.98. The van der Waals surface area contributed by atoms with Crippen molar-refractivity contribution in [3.63, 3.8) is 0 Å². The molecular formula is C17H17N3O3. The average Bonchev–Trinajstić information content (AvgIpc) is 2.79. The van der Waals surface area contributed by atoms with Gasteiger partial charge >= 0.3 is 0 Å². The summed E-state index contributed by atoms with van der Waals surface area (Å²) in [5.74, 6) is -0.00264. The van der Waals surface area contributed by atoms with Gasteiger partial charge in [-0.25, -0.2) is 0 Å². The third-order valence-corrected chi connectivity index (χ3v) is 3.91. The van der Waals surface area contributed by atoms with Crippen LogP contribution in [0.5, 0.6) is 5.75 Å².